The van der Waals surface area contributed by atoms with Crippen molar-refractivity contribution in [3.05, 3.63) is 29.8 Å². The fourth-order valence-electron chi connectivity index (χ4n) is 2.89. The van der Waals surface area contributed by atoms with Gasteiger partial charge in [-0.25, -0.2) is 0 Å². The highest BCUT2D eigenvalue weighted by molar-refractivity contribution is 5.95. The van der Waals surface area contributed by atoms with Crippen LogP contribution in [-0.2, 0) is 16.0 Å². The van der Waals surface area contributed by atoms with E-state index in [2.05, 4.69) is 11.4 Å². The molecule has 1 aromatic carbocycles. The number of aliphatic carboxylic acids is 1. The van der Waals surface area contributed by atoms with Crippen LogP contribution in [0.2, 0.25) is 0 Å². The number of benzene rings is 1. The third-order valence-electron chi connectivity index (χ3n) is 3.96. The molecule has 1 fully saturated rings. The van der Waals surface area contributed by atoms with Gasteiger partial charge in [0.2, 0.25) is 5.91 Å². The first-order chi connectivity index (χ1) is 10.0. The molecule has 21 heavy (non-hydrogen) atoms. The highest BCUT2D eigenvalue weighted by Crippen LogP contribution is 2.37. The van der Waals surface area contributed by atoms with Gasteiger partial charge in [0.1, 0.15) is 0 Å². The van der Waals surface area contributed by atoms with Gasteiger partial charge in [-0.3, -0.25) is 9.59 Å². The number of carboxylic acids is 1. The number of anilines is 1. The highest BCUT2D eigenvalue weighted by Gasteiger charge is 2.41. The summed E-state index contributed by atoms with van der Waals surface area (Å²) in [7, 11) is 0. The quantitative estimate of drug-likeness (QED) is 0.889. The van der Waals surface area contributed by atoms with Crippen LogP contribution < -0.4 is 5.32 Å². The molecule has 5 nitrogen and oxygen atoms in total. The number of carbonyl (C=O) groups is 2. The van der Waals surface area contributed by atoms with E-state index in [0.29, 0.717) is 24.9 Å². The number of nitriles is 1. The molecule has 1 saturated carbocycles. The summed E-state index contributed by atoms with van der Waals surface area (Å²) >= 11 is 0. The fourth-order valence-corrected chi connectivity index (χ4v) is 2.89. The van der Waals surface area contributed by atoms with Crippen LogP contribution in [0.4, 0.5) is 5.69 Å². The summed E-state index contributed by atoms with van der Waals surface area (Å²) in [4.78, 5) is 23.5. The molecule has 0 saturated heterocycles. The van der Waals surface area contributed by atoms with Crippen molar-refractivity contribution >= 4 is 17.6 Å². The molecular weight excluding hydrogens is 268 g/mol. The van der Waals surface area contributed by atoms with Crippen LogP contribution in [0, 0.1) is 29.1 Å². The van der Waals surface area contributed by atoms with E-state index in [-0.39, 0.29) is 11.8 Å². The van der Waals surface area contributed by atoms with Gasteiger partial charge in [-0.2, -0.15) is 5.26 Å². The molecule has 5 heteroatoms. The summed E-state index contributed by atoms with van der Waals surface area (Å²) in [5, 5.41) is 20.6. The van der Waals surface area contributed by atoms with E-state index in [9.17, 15) is 14.7 Å². The Morgan fingerprint density at radius 1 is 1.29 bits per heavy atom. The Balaban J connectivity index is 2.03. The lowest BCUT2D eigenvalue weighted by atomic mass is 9.95. The van der Waals surface area contributed by atoms with Gasteiger partial charge < -0.3 is 10.4 Å². The van der Waals surface area contributed by atoms with Crippen molar-refractivity contribution in [3.8, 4) is 6.07 Å². The molecule has 3 unspecified atom stereocenters. The van der Waals surface area contributed by atoms with Crippen molar-refractivity contribution in [3.63, 3.8) is 0 Å². The van der Waals surface area contributed by atoms with Crippen molar-refractivity contribution in [2.75, 3.05) is 5.32 Å². The topological polar surface area (TPSA) is 90.2 Å². The zero-order valence-electron chi connectivity index (χ0n) is 11.9. The van der Waals surface area contributed by atoms with Crippen LogP contribution >= 0.6 is 0 Å². The SMILES string of the molecule is CC1CC(C(=O)O)C(C(=O)Nc2ccc(CC#N)cc2)C1. The van der Waals surface area contributed by atoms with Crippen LogP contribution in [0.15, 0.2) is 24.3 Å². The van der Waals surface area contributed by atoms with Gasteiger partial charge >= 0.3 is 5.97 Å². The molecule has 1 amide bonds. The van der Waals surface area contributed by atoms with E-state index in [1.54, 1.807) is 24.3 Å². The van der Waals surface area contributed by atoms with Crippen molar-refractivity contribution < 1.29 is 14.7 Å². The smallest absolute Gasteiger partial charge is 0.307 e. The second-order valence-corrected chi connectivity index (χ2v) is 5.65. The number of amides is 1. The van der Waals surface area contributed by atoms with Gasteiger partial charge in [-0.15, -0.1) is 0 Å². The Labute approximate surface area is 123 Å². The van der Waals surface area contributed by atoms with E-state index < -0.39 is 17.8 Å². The second-order valence-electron chi connectivity index (χ2n) is 5.65. The van der Waals surface area contributed by atoms with Crippen molar-refractivity contribution in [1.29, 1.82) is 5.26 Å². The minimum Gasteiger partial charge on any atom is -0.481 e. The minimum atomic E-state index is -0.899. The summed E-state index contributed by atoms with van der Waals surface area (Å²) in [5.74, 6) is -1.96. The molecule has 1 aliphatic carbocycles. The van der Waals surface area contributed by atoms with Gasteiger partial charge in [-0.05, 0) is 36.5 Å². The monoisotopic (exact) mass is 286 g/mol. The Morgan fingerprint density at radius 2 is 1.90 bits per heavy atom. The number of hydrogen-bond acceptors (Lipinski definition) is 3. The van der Waals surface area contributed by atoms with Gasteiger partial charge in [0, 0.05) is 5.69 Å². The Kier molecular flexibility index (Phi) is 4.59. The number of hydrogen-bond donors (Lipinski definition) is 2. The Hall–Kier alpha value is -2.35. The van der Waals surface area contributed by atoms with E-state index in [1.807, 2.05) is 6.92 Å². The number of carbonyl (C=O) groups excluding carboxylic acids is 1. The lowest BCUT2D eigenvalue weighted by Gasteiger charge is -2.15. The Bertz CT molecular complexity index is 574. The molecule has 0 radical (unpaired) electrons. The summed E-state index contributed by atoms with van der Waals surface area (Å²) in [5.41, 5.74) is 1.51. The normalized spacial score (nSPS) is 24.3. The molecule has 0 aromatic heterocycles. The van der Waals surface area contributed by atoms with Crippen LogP contribution in [0.1, 0.15) is 25.3 Å². The molecule has 1 aromatic rings. The van der Waals surface area contributed by atoms with Crippen LogP contribution in [0.3, 0.4) is 0 Å². The van der Waals surface area contributed by atoms with Crippen molar-refractivity contribution in [1.82, 2.24) is 0 Å². The Morgan fingerprint density at radius 3 is 2.48 bits per heavy atom. The predicted octanol–water partition coefficient (Wildman–Crippen LogP) is 2.44. The van der Waals surface area contributed by atoms with E-state index >= 15 is 0 Å². The van der Waals surface area contributed by atoms with E-state index in [4.69, 9.17) is 5.26 Å². The molecule has 2 N–H and O–H groups in total. The van der Waals surface area contributed by atoms with Crippen LogP contribution in [-0.4, -0.2) is 17.0 Å². The molecule has 1 aliphatic rings. The third-order valence-corrected chi connectivity index (χ3v) is 3.96. The molecule has 110 valence electrons. The van der Waals surface area contributed by atoms with Crippen LogP contribution in [0.5, 0.6) is 0 Å². The highest BCUT2D eigenvalue weighted by atomic mass is 16.4. The first-order valence-electron chi connectivity index (χ1n) is 7.00. The fraction of sp³-hybridized carbons (Fsp3) is 0.438. The number of rotatable bonds is 4. The number of nitrogens with zero attached hydrogens (tertiary/aromatic N) is 1. The molecule has 0 aliphatic heterocycles. The lowest BCUT2D eigenvalue weighted by molar-refractivity contribution is -0.145. The van der Waals surface area contributed by atoms with Crippen molar-refractivity contribution in [2.24, 2.45) is 17.8 Å². The minimum absolute atomic E-state index is 0.236. The molecular formula is C16H18N2O3. The second kappa shape index (κ2) is 6.40. The molecule has 3 atom stereocenters. The van der Waals surface area contributed by atoms with Crippen LogP contribution in [0.25, 0.3) is 0 Å². The summed E-state index contributed by atoms with van der Waals surface area (Å²) < 4.78 is 0. The zero-order chi connectivity index (χ0) is 15.4. The summed E-state index contributed by atoms with van der Waals surface area (Å²) in [6, 6.07) is 9.09. The molecule has 0 bridgehead atoms. The number of carboxylic acid groups (broad SMARTS) is 1. The first kappa shape index (κ1) is 15.0. The van der Waals surface area contributed by atoms with E-state index in [0.717, 1.165) is 5.56 Å². The largest absolute Gasteiger partial charge is 0.481 e. The van der Waals surface area contributed by atoms with Gasteiger partial charge in [-0.1, -0.05) is 19.1 Å². The predicted molar refractivity (Wildman–Crippen MR) is 77.4 cm³/mol. The van der Waals surface area contributed by atoms with Gasteiger partial charge in [0.25, 0.3) is 0 Å². The molecule has 0 heterocycles. The van der Waals surface area contributed by atoms with E-state index in [1.165, 1.54) is 0 Å². The summed E-state index contributed by atoms with van der Waals surface area (Å²) in [6.45, 7) is 1.97. The molecule has 2 rings (SSSR count). The average molecular weight is 286 g/mol. The zero-order valence-corrected chi connectivity index (χ0v) is 11.9. The number of nitrogens with one attached hydrogen (secondary N) is 1. The summed E-state index contributed by atoms with van der Waals surface area (Å²) in [6.07, 6.45) is 1.49. The third kappa shape index (κ3) is 3.60. The lowest BCUT2D eigenvalue weighted by Crippen LogP contribution is -2.29. The van der Waals surface area contributed by atoms with Gasteiger partial charge in [0.15, 0.2) is 0 Å². The maximum atomic E-state index is 12.3. The molecule has 0 spiro atoms. The first-order valence-corrected chi connectivity index (χ1v) is 7.00. The standard InChI is InChI=1S/C16H18N2O3/c1-10-8-13(14(9-10)16(20)21)15(19)18-12-4-2-11(3-5-12)6-7-17/h2-5,10,13-14H,6,8-9H2,1H3,(H,18,19)(H,20,21). The average Bonchev–Trinajstić information content (AvgIpc) is 2.84. The van der Waals surface area contributed by atoms with Gasteiger partial charge in [0.05, 0.1) is 24.3 Å². The maximum absolute atomic E-state index is 12.3. The van der Waals surface area contributed by atoms with Crippen molar-refractivity contribution in [2.45, 2.75) is 26.2 Å². The maximum Gasteiger partial charge on any atom is 0.307 e.